The number of hydrogen-bond acceptors (Lipinski definition) is 6. The van der Waals surface area contributed by atoms with Gasteiger partial charge in [-0.3, -0.25) is 4.79 Å². The van der Waals surface area contributed by atoms with Crippen molar-refractivity contribution in [2.24, 2.45) is 5.41 Å². The van der Waals surface area contributed by atoms with E-state index in [1.807, 2.05) is 0 Å². The van der Waals surface area contributed by atoms with E-state index in [1.165, 1.54) is 26.4 Å². The zero-order valence-electron chi connectivity index (χ0n) is 15.2. The summed E-state index contributed by atoms with van der Waals surface area (Å²) < 4.78 is 15.9. The lowest BCUT2D eigenvalue weighted by Crippen LogP contribution is -2.42. The minimum absolute atomic E-state index is 0.0614. The average molecular weight is 348 g/mol. The summed E-state index contributed by atoms with van der Waals surface area (Å²) in [4.78, 5) is 24.6. The van der Waals surface area contributed by atoms with Crippen molar-refractivity contribution in [2.75, 3.05) is 14.2 Å². The molecule has 0 saturated carbocycles. The van der Waals surface area contributed by atoms with Gasteiger partial charge in [-0.15, -0.1) is 0 Å². The van der Waals surface area contributed by atoms with Crippen molar-refractivity contribution in [1.29, 1.82) is 0 Å². The number of ketones is 1. The van der Waals surface area contributed by atoms with Crippen LogP contribution in [0, 0.1) is 5.41 Å². The molecule has 1 aliphatic carbocycles. The van der Waals surface area contributed by atoms with Crippen LogP contribution in [-0.4, -0.2) is 43.3 Å². The van der Waals surface area contributed by atoms with E-state index in [1.54, 1.807) is 32.9 Å². The Morgan fingerprint density at radius 3 is 2.44 bits per heavy atom. The van der Waals surface area contributed by atoms with E-state index in [4.69, 9.17) is 14.2 Å². The molecule has 1 aromatic carbocycles. The fourth-order valence-corrected chi connectivity index (χ4v) is 2.93. The van der Waals surface area contributed by atoms with Gasteiger partial charge in [0.05, 0.1) is 19.8 Å². The SMILES string of the molecule is COc1ccc(C(=O)OC2C(O)C=C(C)C(=O)CC2(C)C)cc1OC. The first-order valence-corrected chi connectivity index (χ1v) is 8.02. The van der Waals surface area contributed by atoms with Gasteiger partial charge in [-0.1, -0.05) is 13.8 Å². The highest BCUT2D eigenvalue weighted by Crippen LogP contribution is 2.35. The summed E-state index contributed by atoms with van der Waals surface area (Å²) in [5.74, 6) is 0.244. The smallest absolute Gasteiger partial charge is 0.338 e. The maximum Gasteiger partial charge on any atom is 0.338 e. The molecule has 0 saturated heterocycles. The predicted molar refractivity (Wildman–Crippen MR) is 91.9 cm³/mol. The maximum atomic E-state index is 12.6. The van der Waals surface area contributed by atoms with E-state index in [2.05, 4.69) is 0 Å². The van der Waals surface area contributed by atoms with Crippen LogP contribution in [0.15, 0.2) is 29.8 Å². The molecule has 0 heterocycles. The van der Waals surface area contributed by atoms with Crippen molar-refractivity contribution in [1.82, 2.24) is 0 Å². The fourth-order valence-electron chi connectivity index (χ4n) is 2.93. The van der Waals surface area contributed by atoms with Gasteiger partial charge in [-0.25, -0.2) is 4.79 Å². The standard InChI is InChI=1S/C19H24O6/c1-11-8-13(20)17(19(2,3)10-14(11)21)25-18(22)12-6-7-15(23-4)16(9-12)24-5/h6-9,13,17,20H,10H2,1-5H3. The Balaban J connectivity index is 2.28. The Bertz CT molecular complexity index is 704. The molecule has 0 aromatic heterocycles. The Labute approximate surface area is 147 Å². The number of esters is 1. The second kappa shape index (κ2) is 7.27. The van der Waals surface area contributed by atoms with Gasteiger partial charge in [0.1, 0.15) is 12.2 Å². The van der Waals surface area contributed by atoms with Crippen LogP contribution in [0.25, 0.3) is 0 Å². The minimum Gasteiger partial charge on any atom is -0.493 e. The van der Waals surface area contributed by atoms with Gasteiger partial charge in [0.25, 0.3) is 0 Å². The van der Waals surface area contributed by atoms with E-state index >= 15 is 0 Å². The summed E-state index contributed by atoms with van der Waals surface area (Å²) in [7, 11) is 2.98. The lowest BCUT2D eigenvalue weighted by Gasteiger charge is -2.33. The zero-order chi connectivity index (χ0) is 18.8. The highest BCUT2D eigenvalue weighted by Gasteiger charge is 2.41. The number of rotatable bonds is 4. The van der Waals surface area contributed by atoms with Crippen molar-refractivity contribution < 1.29 is 28.9 Å². The topological polar surface area (TPSA) is 82.1 Å². The molecule has 0 aliphatic heterocycles. The van der Waals surface area contributed by atoms with Gasteiger partial charge >= 0.3 is 5.97 Å². The zero-order valence-corrected chi connectivity index (χ0v) is 15.2. The lowest BCUT2D eigenvalue weighted by atomic mass is 9.80. The number of allylic oxidation sites excluding steroid dienone is 1. The number of methoxy groups -OCH3 is 2. The molecule has 1 aromatic rings. The largest absolute Gasteiger partial charge is 0.493 e. The summed E-state index contributed by atoms with van der Waals surface area (Å²) in [6.07, 6.45) is -0.250. The molecule has 0 fully saturated rings. The molecule has 2 rings (SSSR count). The third-order valence-corrected chi connectivity index (χ3v) is 4.41. The third kappa shape index (κ3) is 4.02. The van der Waals surface area contributed by atoms with E-state index in [0.717, 1.165) is 0 Å². The molecule has 6 nitrogen and oxygen atoms in total. The van der Waals surface area contributed by atoms with Crippen LogP contribution in [-0.2, 0) is 9.53 Å². The van der Waals surface area contributed by atoms with Gasteiger partial charge < -0.3 is 19.3 Å². The number of carbonyl (C=O) groups is 2. The Kier molecular flexibility index (Phi) is 5.52. The van der Waals surface area contributed by atoms with Crippen LogP contribution >= 0.6 is 0 Å². The van der Waals surface area contributed by atoms with Crippen LogP contribution < -0.4 is 9.47 Å². The Hall–Kier alpha value is -2.34. The van der Waals surface area contributed by atoms with Gasteiger partial charge in [0.15, 0.2) is 17.3 Å². The van der Waals surface area contributed by atoms with Crippen LogP contribution in [0.3, 0.4) is 0 Å². The quantitative estimate of drug-likeness (QED) is 0.842. The van der Waals surface area contributed by atoms with Gasteiger partial charge in [0.2, 0.25) is 0 Å². The summed E-state index contributed by atoms with van der Waals surface area (Å²) in [5.41, 5.74) is 0.0546. The normalized spacial score (nSPS) is 22.6. The van der Waals surface area contributed by atoms with E-state index in [9.17, 15) is 14.7 Å². The number of hydrogen-bond donors (Lipinski definition) is 1. The summed E-state index contributed by atoms with van der Waals surface area (Å²) in [6, 6.07) is 4.69. The van der Waals surface area contributed by atoms with Crippen LogP contribution in [0.1, 0.15) is 37.6 Å². The van der Waals surface area contributed by atoms with E-state index in [-0.39, 0.29) is 17.8 Å². The monoisotopic (exact) mass is 348 g/mol. The van der Waals surface area contributed by atoms with Crippen molar-refractivity contribution in [2.45, 2.75) is 39.4 Å². The maximum absolute atomic E-state index is 12.6. The van der Waals surface area contributed by atoms with Gasteiger partial charge in [-0.2, -0.15) is 0 Å². The van der Waals surface area contributed by atoms with Crippen molar-refractivity contribution >= 4 is 11.8 Å². The van der Waals surface area contributed by atoms with Gasteiger partial charge in [-0.05, 0) is 36.8 Å². The fraction of sp³-hybridized carbons (Fsp3) is 0.474. The van der Waals surface area contributed by atoms with Gasteiger partial charge in [0, 0.05) is 11.8 Å². The first-order valence-electron chi connectivity index (χ1n) is 8.02. The second-order valence-electron chi connectivity index (χ2n) is 6.82. The molecule has 1 N–H and O–H groups in total. The summed E-state index contributed by atoms with van der Waals surface area (Å²) in [6.45, 7) is 5.25. The van der Waals surface area contributed by atoms with Crippen molar-refractivity contribution in [3.63, 3.8) is 0 Å². The molecule has 0 bridgehead atoms. The Morgan fingerprint density at radius 1 is 1.20 bits per heavy atom. The summed E-state index contributed by atoms with van der Waals surface area (Å²) >= 11 is 0. The van der Waals surface area contributed by atoms with E-state index < -0.39 is 23.6 Å². The predicted octanol–water partition coefficient (Wildman–Crippen LogP) is 2.54. The molecule has 0 spiro atoms. The number of carbonyl (C=O) groups excluding carboxylic acids is 2. The molecule has 6 heteroatoms. The average Bonchev–Trinajstić information content (AvgIpc) is 2.63. The first-order chi connectivity index (χ1) is 11.7. The Morgan fingerprint density at radius 2 is 1.84 bits per heavy atom. The minimum atomic E-state index is -1.05. The van der Waals surface area contributed by atoms with Crippen LogP contribution in [0.2, 0.25) is 0 Å². The lowest BCUT2D eigenvalue weighted by molar-refractivity contribution is -0.119. The highest BCUT2D eigenvalue weighted by molar-refractivity contribution is 5.96. The number of aliphatic hydroxyl groups excluding tert-OH is 1. The molecular weight excluding hydrogens is 324 g/mol. The first kappa shape index (κ1) is 19.0. The number of benzene rings is 1. The molecule has 0 amide bonds. The molecule has 0 radical (unpaired) electrons. The van der Waals surface area contributed by atoms with Crippen molar-refractivity contribution in [3.8, 4) is 11.5 Å². The molecule has 1 aliphatic rings. The van der Waals surface area contributed by atoms with E-state index in [0.29, 0.717) is 17.1 Å². The third-order valence-electron chi connectivity index (χ3n) is 4.41. The van der Waals surface area contributed by atoms with Crippen LogP contribution in [0.5, 0.6) is 11.5 Å². The number of ether oxygens (including phenoxy) is 3. The van der Waals surface area contributed by atoms with Crippen LogP contribution in [0.4, 0.5) is 0 Å². The second-order valence-corrected chi connectivity index (χ2v) is 6.82. The molecule has 25 heavy (non-hydrogen) atoms. The highest BCUT2D eigenvalue weighted by atomic mass is 16.6. The molecule has 2 atom stereocenters. The number of Topliss-reactive ketones (excluding diaryl/α,β-unsaturated/α-hetero) is 1. The summed E-state index contributed by atoms with van der Waals surface area (Å²) in [5, 5.41) is 10.4. The molecule has 2 unspecified atom stereocenters. The molecule has 136 valence electrons. The molecular formula is C19H24O6. The number of aliphatic hydroxyl groups is 1. The van der Waals surface area contributed by atoms with Crippen molar-refractivity contribution in [3.05, 3.63) is 35.4 Å².